The number of thioether (sulfide) groups is 1. The first-order chi connectivity index (χ1) is 16.6. The van der Waals surface area contributed by atoms with Crippen LogP contribution in [0.15, 0.2) is 84.5 Å². The molecule has 0 aliphatic carbocycles. The van der Waals surface area contributed by atoms with Crippen molar-refractivity contribution in [3.05, 3.63) is 79.4 Å². The highest BCUT2D eigenvalue weighted by Gasteiger charge is 2.16. The number of hydrogen-bond acceptors (Lipinski definition) is 5. The first-order valence-corrected chi connectivity index (χ1v) is 12.4. The van der Waals surface area contributed by atoms with Gasteiger partial charge in [-0.15, -0.1) is 16.8 Å². The van der Waals surface area contributed by atoms with Crippen LogP contribution in [0.25, 0.3) is 22.2 Å². The van der Waals surface area contributed by atoms with Crippen molar-refractivity contribution in [3.8, 4) is 11.4 Å². The number of anilines is 2. The number of amides is 1. The van der Waals surface area contributed by atoms with Crippen molar-refractivity contribution in [2.45, 2.75) is 25.5 Å². The molecule has 0 radical (unpaired) electrons. The average Bonchev–Trinajstić information content (AvgIpc) is 3.27. The standard InChI is InChI=1S/C27H29N5OS/c1-4-18-32-26(21-14-16-22(17-15-21)31(5-2)6-3)29-30-27(32)34-19-25(33)28-24-13-9-11-20-10-7-8-12-23(20)24/h4,7-17H,1,5-6,18-19H2,2-3H3,(H,28,33). The number of carbonyl (C=O) groups excluding carboxylic acids is 1. The SMILES string of the molecule is C=CCn1c(SCC(=O)Nc2cccc3ccccc23)nnc1-c1ccc(N(CC)CC)cc1. The minimum absolute atomic E-state index is 0.0837. The Morgan fingerprint density at radius 3 is 2.50 bits per heavy atom. The lowest BCUT2D eigenvalue weighted by atomic mass is 10.1. The molecule has 0 unspecified atom stereocenters. The molecule has 1 heterocycles. The predicted molar refractivity (Wildman–Crippen MR) is 143 cm³/mol. The summed E-state index contributed by atoms with van der Waals surface area (Å²) in [7, 11) is 0. The molecule has 1 N–H and O–H groups in total. The Balaban J connectivity index is 1.48. The van der Waals surface area contributed by atoms with Crippen LogP contribution >= 0.6 is 11.8 Å². The van der Waals surface area contributed by atoms with Gasteiger partial charge < -0.3 is 10.2 Å². The molecule has 0 saturated carbocycles. The zero-order valence-electron chi connectivity index (χ0n) is 19.6. The number of hydrogen-bond donors (Lipinski definition) is 1. The number of carbonyl (C=O) groups is 1. The van der Waals surface area contributed by atoms with Gasteiger partial charge in [-0.05, 0) is 49.6 Å². The number of aromatic nitrogens is 3. The van der Waals surface area contributed by atoms with Crippen LogP contribution in [0.5, 0.6) is 0 Å². The maximum absolute atomic E-state index is 12.7. The minimum atomic E-state index is -0.0837. The van der Waals surface area contributed by atoms with Crippen molar-refractivity contribution >= 4 is 39.8 Å². The minimum Gasteiger partial charge on any atom is -0.372 e. The van der Waals surface area contributed by atoms with Gasteiger partial charge in [0.05, 0.1) is 5.75 Å². The van der Waals surface area contributed by atoms with E-state index in [9.17, 15) is 4.79 Å². The molecule has 6 nitrogen and oxygen atoms in total. The van der Waals surface area contributed by atoms with Crippen molar-refractivity contribution in [1.82, 2.24) is 14.8 Å². The molecule has 0 aliphatic rings. The first kappa shape index (κ1) is 23.6. The summed E-state index contributed by atoms with van der Waals surface area (Å²) in [5.74, 6) is 0.918. The van der Waals surface area contributed by atoms with Gasteiger partial charge in [-0.2, -0.15) is 0 Å². The quantitative estimate of drug-likeness (QED) is 0.232. The highest BCUT2D eigenvalue weighted by Crippen LogP contribution is 2.27. The molecule has 0 aliphatic heterocycles. The van der Waals surface area contributed by atoms with Crippen LogP contribution in [0.3, 0.4) is 0 Å². The zero-order chi connectivity index (χ0) is 23.9. The van der Waals surface area contributed by atoms with E-state index >= 15 is 0 Å². The number of rotatable bonds is 10. The molecule has 1 amide bonds. The molecule has 174 valence electrons. The normalized spacial score (nSPS) is 10.9. The topological polar surface area (TPSA) is 63.1 Å². The van der Waals surface area contributed by atoms with Gasteiger partial charge in [0, 0.05) is 42.0 Å². The molecule has 0 spiro atoms. The summed E-state index contributed by atoms with van der Waals surface area (Å²) in [4.78, 5) is 15.0. The summed E-state index contributed by atoms with van der Waals surface area (Å²) in [5, 5.41) is 14.6. The Morgan fingerprint density at radius 2 is 1.76 bits per heavy atom. The Hall–Kier alpha value is -3.58. The molecular formula is C27H29N5OS. The number of nitrogens with zero attached hydrogens (tertiary/aromatic N) is 4. The average molecular weight is 472 g/mol. The largest absolute Gasteiger partial charge is 0.372 e. The summed E-state index contributed by atoms with van der Waals surface area (Å²) >= 11 is 1.37. The lowest BCUT2D eigenvalue weighted by Crippen LogP contribution is -2.21. The van der Waals surface area contributed by atoms with Gasteiger partial charge in [0.15, 0.2) is 11.0 Å². The van der Waals surface area contributed by atoms with Gasteiger partial charge in [-0.3, -0.25) is 9.36 Å². The fraction of sp³-hybridized carbons (Fsp3) is 0.222. The number of nitrogens with one attached hydrogen (secondary N) is 1. The van der Waals surface area contributed by atoms with E-state index in [1.54, 1.807) is 0 Å². The van der Waals surface area contributed by atoms with Gasteiger partial charge in [0.25, 0.3) is 0 Å². The van der Waals surface area contributed by atoms with Gasteiger partial charge in [-0.1, -0.05) is 54.2 Å². The number of fused-ring (bicyclic) bond motifs is 1. The van der Waals surface area contributed by atoms with Crippen LogP contribution in [-0.4, -0.2) is 39.5 Å². The molecule has 4 rings (SSSR count). The van der Waals surface area contributed by atoms with Crippen LogP contribution in [-0.2, 0) is 11.3 Å². The summed E-state index contributed by atoms with van der Waals surface area (Å²) in [5.41, 5.74) is 2.98. The molecule has 0 fully saturated rings. The van der Waals surface area contributed by atoms with Crippen LogP contribution in [0, 0.1) is 0 Å². The van der Waals surface area contributed by atoms with Crippen LogP contribution < -0.4 is 10.2 Å². The van der Waals surface area contributed by atoms with Crippen molar-refractivity contribution in [1.29, 1.82) is 0 Å². The molecule has 34 heavy (non-hydrogen) atoms. The molecule has 3 aromatic carbocycles. The lowest BCUT2D eigenvalue weighted by Gasteiger charge is -2.21. The molecule has 1 aromatic heterocycles. The third-order valence-electron chi connectivity index (χ3n) is 5.68. The number of allylic oxidation sites excluding steroid dienone is 1. The predicted octanol–water partition coefficient (Wildman–Crippen LogP) is 5.86. The molecule has 0 saturated heterocycles. The van der Waals surface area contributed by atoms with E-state index in [1.807, 2.05) is 53.1 Å². The third-order valence-corrected chi connectivity index (χ3v) is 6.65. The smallest absolute Gasteiger partial charge is 0.234 e. The van der Waals surface area contributed by atoms with Gasteiger partial charge >= 0.3 is 0 Å². The van der Waals surface area contributed by atoms with Gasteiger partial charge in [0.2, 0.25) is 5.91 Å². The summed E-state index contributed by atoms with van der Waals surface area (Å²) < 4.78 is 2.00. The van der Waals surface area contributed by atoms with E-state index in [1.165, 1.54) is 17.4 Å². The molecule has 0 bridgehead atoms. The van der Waals surface area contributed by atoms with E-state index in [0.717, 1.165) is 40.9 Å². The second-order valence-electron chi connectivity index (χ2n) is 7.79. The van der Waals surface area contributed by atoms with E-state index in [4.69, 9.17) is 0 Å². The maximum atomic E-state index is 12.7. The first-order valence-electron chi connectivity index (χ1n) is 11.4. The van der Waals surface area contributed by atoms with Crippen LogP contribution in [0.2, 0.25) is 0 Å². The Bertz CT molecular complexity index is 1270. The second kappa shape index (κ2) is 11.0. The van der Waals surface area contributed by atoms with Gasteiger partial charge in [-0.25, -0.2) is 0 Å². The van der Waals surface area contributed by atoms with Crippen molar-refractivity contribution < 1.29 is 4.79 Å². The summed E-state index contributed by atoms with van der Waals surface area (Å²) in [6.45, 7) is 10.7. The Labute approximate surface area is 204 Å². The summed E-state index contributed by atoms with van der Waals surface area (Å²) in [6.07, 6.45) is 1.82. The van der Waals surface area contributed by atoms with Crippen molar-refractivity contribution in [3.63, 3.8) is 0 Å². The maximum Gasteiger partial charge on any atom is 0.234 e. The molecular weight excluding hydrogens is 442 g/mol. The lowest BCUT2D eigenvalue weighted by molar-refractivity contribution is -0.113. The Kier molecular flexibility index (Phi) is 7.65. The molecule has 4 aromatic rings. The second-order valence-corrected chi connectivity index (χ2v) is 8.73. The Morgan fingerprint density at radius 1 is 1.03 bits per heavy atom. The highest BCUT2D eigenvalue weighted by molar-refractivity contribution is 7.99. The summed E-state index contributed by atoms with van der Waals surface area (Å²) in [6, 6.07) is 22.3. The molecule has 7 heteroatoms. The van der Waals surface area contributed by atoms with E-state index in [0.29, 0.717) is 11.7 Å². The monoisotopic (exact) mass is 471 g/mol. The third kappa shape index (κ3) is 5.15. The van der Waals surface area contributed by atoms with Crippen molar-refractivity contribution in [2.24, 2.45) is 0 Å². The molecule has 0 atom stereocenters. The van der Waals surface area contributed by atoms with E-state index in [-0.39, 0.29) is 11.7 Å². The fourth-order valence-corrected chi connectivity index (χ4v) is 4.71. The number of benzene rings is 3. The highest BCUT2D eigenvalue weighted by atomic mass is 32.2. The fourth-order valence-electron chi connectivity index (χ4n) is 3.96. The zero-order valence-corrected chi connectivity index (χ0v) is 20.4. The van der Waals surface area contributed by atoms with Gasteiger partial charge in [0.1, 0.15) is 0 Å². The van der Waals surface area contributed by atoms with E-state index < -0.39 is 0 Å². The van der Waals surface area contributed by atoms with Crippen LogP contribution in [0.4, 0.5) is 11.4 Å². The van der Waals surface area contributed by atoms with Crippen molar-refractivity contribution in [2.75, 3.05) is 29.1 Å². The van der Waals surface area contributed by atoms with E-state index in [2.05, 4.69) is 65.1 Å². The van der Waals surface area contributed by atoms with Crippen LogP contribution in [0.1, 0.15) is 13.8 Å².